The summed E-state index contributed by atoms with van der Waals surface area (Å²) < 4.78 is 26.6. The molecule has 36 heavy (non-hydrogen) atoms. The number of nitrogens with zero attached hydrogens (tertiary/aromatic N) is 5. The number of rotatable bonds is 8. The van der Waals surface area contributed by atoms with Crippen LogP contribution in [0, 0.1) is 6.92 Å². The van der Waals surface area contributed by atoms with Crippen molar-refractivity contribution in [1.29, 1.82) is 0 Å². The van der Waals surface area contributed by atoms with Crippen LogP contribution in [-0.2, 0) is 21.2 Å². The third kappa shape index (κ3) is 5.79. The number of benzene rings is 2. The lowest BCUT2D eigenvalue weighted by atomic mass is 10.1. The molecule has 5 N–H and O–H groups in total. The Labute approximate surface area is 208 Å². The van der Waals surface area contributed by atoms with Gasteiger partial charge >= 0.3 is 0 Å². The van der Waals surface area contributed by atoms with Gasteiger partial charge in [0.2, 0.25) is 5.91 Å². The van der Waals surface area contributed by atoms with Gasteiger partial charge in [-0.05, 0) is 43.3 Å². The Morgan fingerprint density at radius 2 is 1.78 bits per heavy atom. The van der Waals surface area contributed by atoms with Crippen LogP contribution in [0.4, 0.5) is 23.0 Å². The molecule has 1 unspecified atom stereocenters. The quantitative estimate of drug-likeness (QED) is 0.309. The van der Waals surface area contributed by atoms with E-state index in [-0.39, 0.29) is 23.0 Å². The number of pyridine rings is 1. The molecule has 0 saturated heterocycles. The number of imidazole rings is 1. The summed E-state index contributed by atoms with van der Waals surface area (Å²) in [6.45, 7) is 1.87. The number of carbonyl (C=O) groups excluding carboxylic acids is 1. The zero-order valence-corrected chi connectivity index (χ0v) is 20.1. The van der Waals surface area contributed by atoms with E-state index >= 15 is 0 Å². The van der Waals surface area contributed by atoms with Gasteiger partial charge in [-0.2, -0.15) is 5.11 Å². The van der Waals surface area contributed by atoms with Crippen molar-refractivity contribution < 1.29 is 13.2 Å². The summed E-state index contributed by atoms with van der Waals surface area (Å²) >= 11 is 0. The number of aryl methyl sites for hydroxylation is 1. The van der Waals surface area contributed by atoms with Gasteiger partial charge in [0.1, 0.15) is 17.8 Å². The van der Waals surface area contributed by atoms with E-state index in [0.717, 1.165) is 9.54 Å². The van der Waals surface area contributed by atoms with Crippen molar-refractivity contribution in [3.63, 3.8) is 0 Å². The molecular formula is C24H24N8O3S. The minimum Gasteiger partial charge on any atom is -0.382 e. The van der Waals surface area contributed by atoms with Crippen LogP contribution >= 0.6 is 0 Å². The fourth-order valence-corrected chi connectivity index (χ4v) is 4.33. The number of nitrogens with two attached hydrogens (primary N) is 2. The highest BCUT2D eigenvalue weighted by Crippen LogP contribution is 2.24. The Bertz CT molecular complexity index is 1500. The van der Waals surface area contributed by atoms with Gasteiger partial charge in [0, 0.05) is 12.6 Å². The molecule has 0 saturated carbocycles. The minimum absolute atomic E-state index is 0.0150. The second-order valence-corrected chi connectivity index (χ2v) is 9.79. The van der Waals surface area contributed by atoms with Crippen molar-refractivity contribution in [3.05, 3.63) is 90.5 Å². The highest BCUT2D eigenvalue weighted by Gasteiger charge is 2.20. The maximum Gasteiger partial charge on any atom is 0.268 e. The molecule has 0 fully saturated rings. The number of azo groups is 1. The van der Waals surface area contributed by atoms with Crippen LogP contribution in [0.25, 0.3) is 0 Å². The molecule has 0 aliphatic heterocycles. The van der Waals surface area contributed by atoms with E-state index in [9.17, 15) is 13.2 Å². The Hall–Kier alpha value is -4.42. The van der Waals surface area contributed by atoms with E-state index in [1.165, 1.54) is 30.7 Å². The summed E-state index contributed by atoms with van der Waals surface area (Å²) in [5.74, 6) is -0.253. The van der Waals surface area contributed by atoms with Crippen LogP contribution in [0.3, 0.4) is 0 Å². The second-order valence-electron chi connectivity index (χ2n) is 7.95. The molecule has 0 radical (unpaired) electrons. The Morgan fingerprint density at radius 3 is 2.47 bits per heavy atom. The van der Waals surface area contributed by atoms with Gasteiger partial charge in [0.25, 0.3) is 10.0 Å². The maximum absolute atomic E-state index is 12.8. The molecule has 0 aliphatic rings. The lowest BCUT2D eigenvalue weighted by molar-refractivity contribution is -0.117. The van der Waals surface area contributed by atoms with Gasteiger partial charge in [0.05, 0.1) is 22.3 Å². The monoisotopic (exact) mass is 504 g/mol. The molecule has 0 spiro atoms. The van der Waals surface area contributed by atoms with Crippen LogP contribution in [0.15, 0.2) is 94.4 Å². The molecule has 12 heteroatoms. The van der Waals surface area contributed by atoms with Crippen molar-refractivity contribution in [2.24, 2.45) is 16.0 Å². The second kappa shape index (κ2) is 10.5. The topological polar surface area (TPSA) is 171 Å². The number of hydrogen-bond acceptors (Lipinski definition) is 9. The average Bonchev–Trinajstić information content (AvgIpc) is 3.34. The molecular weight excluding hydrogens is 480 g/mol. The minimum atomic E-state index is -3.80. The molecule has 1 amide bonds. The largest absolute Gasteiger partial charge is 0.382 e. The fraction of sp³-hybridized carbons (Fsp3) is 0.125. The first kappa shape index (κ1) is 24.7. The number of hydrogen-bond donors (Lipinski definition) is 3. The number of amides is 1. The van der Waals surface area contributed by atoms with Gasteiger partial charge < -0.3 is 16.8 Å². The molecule has 11 nitrogen and oxygen atoms in total. The number of anilines is 2. The van der Waals surface area contributed by atoms with Crippen molar-refractivity contribution in [2.75, 3.05) is 11.1 Å². The number of carbonyl (C=O) groups is 1. The number of aromatic nitrogens is 3. The first-order chi connectivity index (χ1) is 17.2. The van der Waals surface area contributed by atoms with E-state index in [1.807, 2.05) is 25.1 Å². The molecule has 1 atom stereocenters. The fourth-order valence-electron chi connectivity index (χ4n) is 3.18. The Kier molecular flexibility index (Phi) is 7.17. The molecule has 2 heterocycles. The van der Waals surface area contributed by atoms with Crippen LogP contribution in [0.2, 0.25) is 0 Å². The predicted molar refractivity (Wildman–Crippen MR) is 136 cm³/mol. The SMILES string of the molecule is Cc1ccc(S(=O)(=O)n2cnc(CC(N)C(=O)Nc3ccc(N=Nc4ccccc4)c(N)n3)c2)cc1. The van der Waals surface area contributed by atoms with Gasteiger partial charge in [0.15, 0.2) is 5.82 Å². The highest BCUT2D eigenvalue weighted by atomic mass is 32.2. The first-order valence-electron chi connectivity index (χ1n) is 10.9. The molecule has 184 valence electrons. The maximum atomic E-state index is 12.8. The third-order valence-corrected chi connectivity index (χ3v) is 6.78. The Morgan fingerprint density at radius 1 is 1.06 bits per heavy atom. The van der Waals surface area contributed by atoms with E-state index in [1.54, 1.807) is 30.3 Å². The highest BCUT2D eigenvalue weighted by molar-refractivity contribution is 7.90. The number of nitrogen functional groups attached to an aromatic ring is 1. The smallest absolute Gasteiger partial charge is 0.268 e. The summed E-state index contributed by atoms with van der Waals surface area (Å²) in [5.41, 5.74) is 14.3. The Balaban J connectivity index is 1.38. The van der Waals surface area contributed by atoms with E-state index in [0.29, 0.717) is 17.1 Å². The predicted octanol–water partition coefficient (Wildman–Crippen LogP) is 3.33. The molecule has 4 aromatic rings. The molecule has 2 aromatic heterocycles. The normalized spacial score (nSPS) is 12.5. The van der Waals surface area contributed by atoms with Crippen molar-refractivity contribution in [1.82, 2.24) is 13.9 Å². The molecule has 2 aromatic carbocycles. The molecule has 0 bridgehead atoms. The van der Waals surface area contributed by atoms with Crippen molar-refractivity contribution in [3.8, 4) is 0 Å². The van der Waals surface area contributed by atoms with E-state index < -0.39 is 22.0 Å². The van der Waals surface area contributed by atoms with E-state index in [2.05, 4.69) is 25.5 Å². The summed E-state index contributed by atoms with van der Waals surface area (Å²) in [7, 11) is -3.80. The van der Waals surface area contributed by atoms with Crippen LogP contribution < -0.4 is 16.8 Å². The summed E-state index contributed by atoms with van der Waals surface area (Å²) in [4.78, 5) is 20.9. The van der Waals surface area contributed by atoms with Crippen molar-refractivity contribution in [2.45, 2.75) is 24.3 Å². The third-order valence-electron chi connectivity index (χ3n) is 5.16. The summed E-state index contributed by atoms with van der Waals surface area (Å²) in [5, 5.41) is 10.8. The van der Waals surface area contributed by atoms with Crippen LogP contribution in [0.5, 0.6) is 0 Å². The zero-order valence-electron chi connectivity index (χ0n) is 19.3. The molecule has 4 rings (SSSR count). The van der Waals surface area contributed by atoms with Gasteiger partial charge in [-0.3, -0.25) is 4.79 Å². The zero-order chi connectivity index (χ0) is 25.7. The molecule has 0 aliphatic carbocycles. The van der Waals surface area contributed by atoms with Crippen LogP contribution in [0.1, 0.15) is 11.3 Å². The standard InChI is InChI=1S/C24H24N8O3S/c1-16-7-9-19(10-8-16)36(34,35)32-14-18(27-15-32)13-20(25)24(33)29-22-12-11-21(23(26)28-22)31-30-17-5-3-2-4-6-17/h2-12,14-15,20H,13,25H2,1H3,(H3,26,28,29,33). The first-order valence-corrected chi connectivity index (χ1v) is 12.3. The lowest BCUT2D eigenvalue weighted by Gasteiger charge is -2.11. The van der Waals surface area contributed by atoms with Crippen LogP contribution in [-0.4, -0.2) is 34.3 Å². The van der Waals surface area contributed by atoms with Gasteiger partial charge in [-0.15, -0.1) is 5.11 Å². The lowest BCUT2D eigenvalue weighted by Crippen LogP contribution is -2.37. The number of nitrogens with one attached hydrogen (secondary N) is 1. The van der Waals surface area contributed by atoms with Gasteiger partial charge in [-0.1, -0.05) is 35.9 Å². The average molecular weight is 505 g/mol. The summed E-state index contributed by atoms with van der Waals surface area (Å²) in [6.07, 6.45) is 2.53. The van der Waals surface area contributed by atoms with E-state index in [4.69, 9.17) is 11.5 Å². The van der Waals surface area contributed by atoms with Crippen molar-refractivity contribution >= 4 is 38.9 Å². The van der Waals surface area contributed by atoms with Gasteiger partial charge in [-0.25, -0.2) is 22.4 Å². The summed E-state index contributed by atoms with van der Waals surface area (Å²) in [6, 6.07) is 17.7.